The van der Waals surface area contributed by atoms with E-state index in [1.54, 1.807) is 30.9 Å². The van der Waals surface area contributed by atoms with Crippen LogP contribution in [-0.2, 0) is 21.4 Å². The molecular formula is C50H61FN14O7S2. The standard InChI is InChI=1S/C50H61FN14O7S2/c1-27(2)42(47(70)64-23-30(67)18-37(64)46(69)56-36(25-66)32-19-34(51)31(20-38(32)68)43-29(4)55-26-73-43)65-24-40(59-61-65)71-17-7-6-14-62-15-9-16-63(28(3)22-62)49-54-13-11-35(57-49)45-58-48(72-60-45)50(5)12-8-10-39-41(50)33(21-52)44(53)74-39/h11,13,19-20,24,26-28,30,36-37,42,66-68H,6-10,12,14-18,22-23,25,53H2,1-5H3,(H,56,69)/t28-,30+,36-,37-,42-,50-/m0/s1. The van der Waals surface area contributed by atoms with E-state index >= 15 is 4.39 Å². The summed E-state index contributed by atoms with van der Waals surface area (Å²) in [7, 11) is 0. The SMILES string of the molecule is Cc1ncsc1-c1cc(O)c([C@H](CO)NC(=O)[C@@H]2C[C@@H](O)CN2C(=O)[C@H](C(C)C)n2cc(OCCCCN3CCCN(c4nccc(-c5noc([C@@]6(C)CCCc7sc(N)c(C#N)c76)n5)n4)[C@@H](C)C3)nn2)cc1F. The molecule has 2 amide bonds. The molecular weight excluding hydrogens is 992 g/mol. The highest BCUT2D eigenvalue weighted by Gasteiger charge is 2.45. The molecule has 2 fully saturated rings. The van der Waals surface area contributed by atoms with Crippen molar-refractivity contribution in [1.29, 1.82) is 5.26 Å². The third-order valence-electron chi connectivity index (χ3n) is 14.3. The number of carbonyl (C=O) groups is 2. The minimum atomic E-state index is -1.21. The number of thiazole rings is 1. The van der Waals surface area contributed by atoms with Crippen LogP contribution in [0.2, 0.25) is 0 Å². The number of carbonyl (C=O) groups excluding carboxylic acids is 2. The number of nitrogens with one attached hydrogen (secondary N) is 1. The Bertz CT molecular complexity index is 3030. The number of hydrogen-bond acceptors (Lipinski definition) is 20. The Morgan fingerprint density at radius 3 is 2.74 bits per heavy atom. The number of halogens is 1. The fraction of sp³-hybridized carbons (Fsp3) is 0.520. The van der Waals surface area contributed by atoms with Gasteiger partial charge in [-0.15, -0.1) is 22.7 Å². The fourth-order valence-electron chi connectivity index (χ4n) is 10.6. The molecule has 0 spiro atoms. The zero-order valence-electron chi connectivity index (χ0n) is 41.9. The van der Waals surface area contributed by atoms with Crippen LogP contribution in [0, 0.1) is 30.0 Å². The lowest BCUT2D eigenvalue weighted by molar-refractivity contribution is -0.142. The summed E-state index contributed by atoms with van der Waals surface area (Å²) in [5.74, 6) is -0.842. The highest BCUT2D eigenvalue weighted by Crippen LogP contribution is 2.48. The number of likely N-dealkylation sites (tertiary alicyclic amines) is 1. The van der Waals surface area contributed by atoms with Crippen molar-refractivity contribution in [3.05, 3.63) is 75.1 Å². The average Bonchev–Trinajstić information content (AvgIpc) is 4.24. The molecule has 2 saturated heterocycles. The van der Waals surface area contributed by atoms with E-state index in [9.17, 15) is 30.2 Å². The maximum absolute atomic E-state index is 15.4. The van der Waals surface area contributed by atoms with Gasteiger partial charge in [0.05, 0.1) is 58.6 Å². The van der Waals surface area contributed by atoms with Crippen molar-refractivity contribution in [3.63, 3.8) is 0 Å². The number of aromatic hydroxyl groups is 1. The van der Waals surface area contributed by atoms with Crippen LogP contribution in [0.4, 0.5) is 15.3 Å². The number of aromatic nitrogens is 8. The Labute approximate surface area is 435 Å². The van der Waals surface area contributed by atoms with Gasteiger partial charge >= 0.3 is 0 Å². The number of nitrogen functional groups attached to an aromatic ring is 1. The van der Waals surface area contributed by atoms with E-state index in [1.165, 1.54) is 38.3 Å². The van der Waals surface area contributed by atoms with Gasteiger partial charge in [-0.3, -0.25) is 9.59 Å². The Morgan fingerprint density at radius 2 is 1.99 bits per heavy atom. The predicted octanol–water partition coefficient (Wildman–Crippen LogP) is 5.32. The van der Waals surface area contributed by atoms with Crippen LogP contribution in [0.1, 0.15) is 111 Å². The molecule has 6 N–H and O–H groups in total. The molecule has 7 heterocycles. The summed E-state index contributed by atoms with van der Waals surface area (Å²) in [5.41, 5.74) is 9.80. The first kappa shape index (κ1) is 52.2. The van der Waals surface area contributed by atoms with Crippen LogP contribution in [0.3, 0.4) is 0 Å². The number of anilines is 2. The quantitative estimate of drug-likeness (QED) is 0.0723. The summed E-state index contributed by atoms with van der Waals surface area (Å²) in [5, 5.41) is 57.8. The van der Waals surface area contributed by atoms with E-state index in [2.05, 4.69) is 53.5 Å². The van der Waals surface area contributed by atoms with Gasteiger partial charge in [-0.25, -0.2) is 24.0 Å². The molecule has 1 aromatic carbocycles. The second-order valence-electron chi connectivity index (χ2n) is 19.9. The third kappa shape index (κ3) is 10.5. The number of phenols is 1. The number of aryl methyl sites for hydroxylation is 2. The highest BCUT2D eigenvalue weighted by atomic mass is 32.1. The number of ether oxygens (including phenoxy) is 1. The minimum Gasteiger partial charge on any atom is -0.508 e. The van der Waals surface area contributed by atoms with Crippen LogP contribution in [0.15, 0.2) is 40.6 Å². The molecule has 24 heteroatoms. The first-order valence-electron chi connectivity index (χ1n) is 24.9. The molecule has 0 bridgehead atoms. The second-order valence-corrected chi connectivity index (χ2v) is 21.9. The smallest absolute Gasteiger partial charge is 0.253 e. The maximum atomic E-state index is 15.4. The number of thiophene rings is 1. The first-order valence-corrected chi connectivity index (χ1v) is 26.6. The van der Waals surface area contributed by atoms with Gasteiger partial charge in [0.1, 0.15) is 40.4 Å². The van der Waals surface area contributed by atoms with Gasteiger partial charge in [-0.1, -0.05) is 29.3 Å². The minimum absolute atomic E-state index is 0.0431. The van der Waals surface area contributed by atoms with Crippen molar-refractivity contribution in [2.45, 2.75) is 115 Å². The zero-order chi connectivity index (χ0) is 52.4. The van der Waals surface area contributed by atoms with Crippen molar-refractivity contribution in [2.24, 2.45) is 5.92 Å². The molecule has 1 aliphatic carbocycles. The van der Waals surface area contributed by atoms with E-state index in [0.717, 1.165) is 81.2 Å². The molecule has 9 rings (SSSR count). The Balaban J connectivity index is 0.763. The molecule has 0 saturated carbocycles. The summed E-state index contributed by atoms with van der Waals surface area (Å²) >= 11 is 2.68. The summed E-state index contributed by atoms with van der Waals surface area (Å²) in [6, 6.07) is 3.25. The number of fused-ring (bicyclic) bond motifs is 1. The van der Waals surface area contributed by atoms with E-state index in [1.807, 2.05) is 20.8 Å². The number of benzene rings is 1. The van der Waals surface area contributed by atoms with Gasteiger partial charge in [0.15, 0.2) is 0 Å². The van der Waals surface area contributed by atoms with Crippen molar-refractivity contribution in [1.82, 2.24) is 55.2 Å². The summed E-state index contributed by atoms with van der Waals surface area (Å²) in [4.78, 5) is 54.2. The lowest BCUT2D eigenvalue weighted by atomic mass is 9.72. The number of unbranched alkanes of at least 4 members (excludes halogenated alkanes) is 1. The van der Waals surface area contributed by atoms with E-state index in [0.29, 0.717) is 51.1 Å². The molecule has 3 aliphatic rings. The number of β-amino-alcohol motifs (C(OH)–C–C–N with tert-alkyl or cyclic N) is 1. The normalized spacial score (nSPS) is 21.1. The molecule has 21 nitrogen and oxygen atoms in total. The van der Waals surface area contributed by atoms with E-state index in [-0.39, 0.29) is 47.7 Å². The lowest BCUT2D eigenvalue weighted by Crippen LogP contribution is -2.50. The number of rotatable bonds is 17. The molecule has 6 atom stereocenters. The van der Waals surface area contributed by atoms with Crippen molar-refractivity contribution < 1.29 is 38.6 Å². The number of nitrogens with zero attached hydrogens (tertiary/aromatic N) is 12. The van der Waals surface area contributed by atoms with Crippen molar-refractivity contribution >= 4 is 45.4 Å². The molecule has 0 radical (unpaired) electrons. The zero-order valence-corrected chi connectivity index (χ0v) is 43.6. The summed E-state index contributed by atoms with van der Waals surface area (Å²) in [6.45, 7) is 12.5. The monoisotopic (exact) mass is 1050 g/mol. The van der Waals surface area contributed by atoms with Crippen LogP contribution in [-0.4, -0.2) is 141 Å². The Hall–Kier alpha value is -6.65. The number of aliphatic hydroxyl groups excluding tert-OH is 2. The molecule has 74 heavy (non-hydrogen) atoms. The number of nitriles is 1. The van der Waals surface area contributed by atoms with Crippen LogP contribution in [0.25, 0.3) is 22.0 Å². The number of aliphatic hydroxyl groups is 2. The Morgan fingerprint density at radius 1 is 1.16 bits per heavy atom. The van der Waals surface area contributed by atoms with Crippen molar-refractivity contribution in [2.75, 3.05) is 56.6 Å². The largest absolute Gasteiger partial charge is 0.508 e. The van der Waals surface area contributed by atoms with Gasteiger partial charge in [-0.2, -0.15) is 10.2 Å². The van der Waals surface area contributed by atoms with Crippen molar-refractivity contribution in [3.8, 4) is 39.7 Å². The third-order valence-corrected chi connectivity index (χ3v) is 16.4. The van der Waals surface area contributed by atoms with Gasteiger partial charge in [-0.05, 0) is 96.5 Å². The average molecular weight is 1050 g/mol. The molecule has 2 aliphatic heterocycles. The highest BCUT2D eigenvalue weighted by molar-refractivity contribution is 7.16. The molecule has 392 valence electrons. The molecule has 0 unspecified atom stereocenters. The van der Waals surface area contributed by atoms with Crippen LogP contribution < -0.4 is 20.7 Å². The number of amides is 2. The van der Waals surface area contributed by atoms with Gasteiger partial charge in [0, 0.05) is 59.9 Å². The number of hydrogen-bond donors (Lipinski definition) is 5. The topological polar surface area (TPSA) is 284 Å². The van der Waals surface area contributed by atoms with Crippen LogP contribution >= 0.6 is 22.7 Å². The van der Waals surface area contributed by atoms with Gasteiger partial charge in [0.25, 0.3) is 5.88 Å². The lowest BCUT2D eigenvalue weighted by Gasteiger charge is -2.30. The van der Waals surface area contributed by atoms with Gasteiger partial charge in [0.2, 0.25) is 29.5 Å². The van der Waals surface area contributed by atoms with Gasteiger partial charge < -0.3 is 50.3 Å². The predicted molar refractivity (Wildman–Crippen MR) is 273 cm³/mol. The summed E-state index contributed by atoms with van der Waals surface area (Å²) < 4.78 is 28.7. The Kier molecular flexibility index (Phi) is 15.6. The molecule has 6 aromatic rings. The second kappa shape index (κ2) is 22.1. The maximum Gasteiger partial charge on any atom is 0.253 e. The first-order chi connectivity index (χ1) is 35.6. The fourth-order valence-corrected chi connectivity index (χ4v) is 12.6. The van der Waals surface area contributed by atoms with E-state index < -0.39 is 53.9 Å². The van der Waals surface area contributed by atoms with E-state index in [4.69, 9.17) is 25.0 Å². The molecule has 5 aromatic heterocycles. The van der Waals surface area contributed by atoms with Crippen LogP contribution in [0.5, 0.6) is 11.6 Å². The summed E-state index contributed by atoms with van der Waals surface area (Å²) in [6.07, 6.45) is 7.23. The number of nitrogens with two attached hydrogens (primary N) is 1. The number of phenolic OH excluding ortho intramolecular Hbond substituents is 1.